The maximum atomic E-state index is 10.1. The summed E-state index contributed by atoms with van der Waals surface area (Å²) in [4.78, 5) is 20.1. The van der Waals surface area contributed by atoms with Crippen LogP contribution >= 0.6 is 11.8 Å². The topological polar surface area (TPSA) is 115 Å². The van der Waals surface area contributed by atoms with Gasteiger partial charge in [0.1, 0.15) is 0 Å². The zero-order chi connectivity index (χ0) is 10.4. The second kappa shape index (κ2) is 5.79. The summed E-state index contributed by atoms with van der Waals surface area (Å²) >= 11 is 0.864. The summed E-state index contributed by atoms with van der Waals surface area (Å²) in [6.07, 6.45) is -3.04. The van der Waals surface area contributed by atoms with Gasteiger partial charge >= 0.3 is 11.9 Å². The van der Waals surface area contributed by atoms with Crippen LogP contribution in [0.1, 0.15) is 0 Å². The monoisotopic (exact) mass is 210 g/mol. The fraction of sp³-hybridized carbons (Fsp3) is 0.667. The summed E-state index contributed by atoms with van der Waals surface area (Å²) in [5.74, 6) is -3.01. The fourth-order valence-electron chi connectivity index (χ4n) is 0.434. The Balaban J connectivity index is 3.56. The second-order valence-corrected chi connectivity index (χ2v) is 3.32. The van der Waals surface area contributed by atoms with Crippen molar-refractivity contribution in [2.75, 3.05) is 11.5 Å². The minimum absolute atomic E-state index is 0.139. The third-order valence-electron chi connectivity index (χ3n) is 1.12. The van der Waals surface area contributed by atoms with Gasteiger partial charge in [0.25, 0.3) is 0 Å². The van der Waals surface area contributed by atoms with Crippen molar-refractivity contribution >= 4 is 23.7 Å². The molecule has 0 radical (unpaired) electrons. The van der Waals surface area contributed by atoms with Gasteiger partial charge in [0, 0.05) is 11.5 Å². The molecule has 0 saturated heterocycles. The molecule has 0 fully saturated rings. The molecule has 0 unspecified atom stereocenters. The lowest BCUT2D eigenvalue weighted by atomic mass is 10.4. The quantitative estimate of drug-likeness (QED) is 0.426. The Morgan fingerprint density at radius 3 is 1.54 bits per heavy atom. The number of aliphatic hydroxyl groups is 2. The number of carboxylic acids is 2. The van der Waals surface area contributed by atoms with E-state index in [4.69, 9.17) is 20.4 Å². The summed E-state index contributed by atoms with van der Waals surface area (Å²) < 4.78 is 0. The molecule has 0 bridgehead atoms. The van der Waals surface area contributed by atoms with E-state index in [2.05, 4.69) is 0 Å². The summed E-state index contributed by atoms with van der Waals surface area (Å²) in [6, 6.07) is 0. The molecule has 0 aromatic rings. The van der Waals surface area contributed by atoms with Crippen molar-refractivity contribution < 1.29 is 30.0 Å². The third kappa shape index (κ3) is 5.45. The molecule has 0 amide bonds. The number of rotatable bonds is 6. The normalized spacial score (nSPS) is 14.9. The van der Waals surface area contributed by atoms with Crippen molar-refractivity contribution in [1.82, 2.24) is 0 Å². The molecule has 0 rings (SSSR count). The van der Waals surface area contributed by atoms with E-state index in [0.29, 0.717) is 0 Å². The minimum atomic E-state index is -1.52. The van der Waals surface area contributed by atoms with Crippen molar-refractivity contribution in [2.24, 2.45) is 0 Å². The summed E-state index contributed by atoms with van der Waals surface area (Å²) in [5.41, 5.74) is 0. The Labute approximate surface area is 78.2 Å². The average molecular weight is 210 g/mol. The maximum absolute atomic E-state index is 10.1. The van der Waals surface area contributed by atoms with E-state index >= 15 is 0 Å². The van der Waals surface area contributed by atoms with Gasteiger partial charge in [-0.25, -0.2) is 9.59 Å². The molecule has 0 aromatic heterocycles. The van der Waals surface area contributed by atoms with Crippen molar-refractivity contribution in [3.05, 3.63) is 0 Å². The van der Waals surface area contributed by atoms with Gasteiger partial charge in [-0.1, -0.05) is 0 Å². The molecule has 7 heteroatoms. The highest BCUT2D eigenvalue weighted by molar-refractivity contribution is 7.99. The molecule has 6 nitrogen and oxygen atoms in total. The molecule has 0 heterocycles. The van der Waals surface area contributed by atoms with Crippen LogP contribution in [-0.2, 0) is 9.59 Å². The SMILES string of the molecule is O=C(O)[C@@H](O)CSC[C@H](O)C(=O)O. The van der Waals surface area contributed by atoms with Crippen LogP contribution in [0.5, 0.6) is 0 Å². The minimum Gasteiger partial charge on any atom is -0.479 e. The van der Waals surface area contributed by atoms with E-state index in [0.717, 1.165) is 11.8 Å². The van der Waals surface area contributed by atoms with Crippen LogP contribution < -0.4 is 0 Å². The molecule has 76 valence electrons. The number of thioether (sulfide) groups is 1. The van der Waals surface area contributed by atoms with E-state index in [9.17, 15) is 9.59 Å². The van der Waals surface area contributed by atoms with Crippen molar-refractivity contribution in [3.8, 4) is 0 Å². The standard InChI is InChI=1S/C6H10O6S/c7-3(5(9)10)1-13-2-4(8)6(11)12/h3-4,7-8H,1-2H2,(H,9,10)(H,11,12)/t3-,4-/m0/s1. The molecule has 0 aliphatic heterocycles. The summed E-state index contributed by atoms with van der Waals surface area (Å²) in [5, 5.41) is 33.9. The highest BCUT2D eigenvalue weighted by Crippen LogP contribution is 2.05. The predicted molar refractivity (Wildman–Crippen MR) is 44.6 cm³/mol. The van der Waals surface area contributed by atoms with Crippen molar-refractivity contribution in [1.29, 1.82) is 0 Å². The number of hydrogen-bond acceptors (Lipinski definition) is 5. The lowest BCUT2D eigenvalue weighted by Gasteiger charge is -2.06. The number of carbonyl (C=O) groups is 2. The molecule has 0 aromatic carbocycles. The van der Waals surface area contributed by atoms with Crippen molar-refractivity contribution in [2.45, 2.75) is 12.2 Å². The molecule has 13 heavy (non-hydrogen) atoms. The number of aliphatic carboxylic acids is 2. The summed E-state index contributed by atoms with van der Waals surface area (Å²) in [6.45, 7) is 0. The van der Waals surface area contributed by atoms with Gasteiger partial charge in [-0.3, -0.25) is 0 Å². The van der Waals surface area contributed by atoms with Gasteiger partial charge < -0.3 is 20.4 Å². The van der Waals surface area contributed by atoms with Crippen LogP contribution in [0.4, 0.5) is 0 Å². The average Bonchev–Trinajstić information content (AvgIpc) is 2.03. The van der Waals surface area contributed by atoms with E-state index in [1.165, 1.54) is 0 Å². The van der Waals surface area contributed by atoms with E-state index in [1.54, 1.807) is 0 Å². The highest BCUT2D eigenvalue weighted by Gasteiger charge is 2.16. The Kier molecular flexibility index (Phi) is 5.44. The Hall–Kier alpha value is -0.790. The van der Waals surface area contributed by atoms with Gasteiger partial charge in [0.2, 0.25) is 0 Å². The van der Waals surface area contributed by atoms with Gasteiger partial charge in [-0.05, 0) is 0 Å². The molecule has 0 aliphatic carbocycles. The Morgan fingerprint density at radius 1 is 1.00 bits per heavy atom. The first-order valence-electron chi connectivity index (χ1n) is 3.34. The third-order valence-corrected chi connectivity index (χ3v) is 2.22. The number of hydrogen-bond donors (Lipinski definition) is 4. The zero-order valence-electron chi connectivity index (χ0n) is 6.58. The van der Waals surface area contributed by atoms with Crippen LogP contribution in [0.15, 0.2) is 0 Å². The first kappa shape index (κ1) is 12.2. The first-order chi connectivity index (χ1) is 5.95. The van der Waals surface area contributed by atoms with Gasteiger partial charge in [0.15, 0.2) is 12.2 Å². The molecular formula is C6H10O6S. The molecule has 4 N–H and O–H groups in total. The van der Waals surface area contributed by atoms with E-state index in [-0.39, 0.29) is 11.5 Å². The van der Waals surface area contributed by atoms with Crippen LogP contribution in [0.25, 0.3) is 0 Å². The zero-order valence-corrected chi connectivity index (χ0v) is 7.40. The van der Waals surface area contributed by atoms with Gasteiger partial charge in [-0.2, -0.15) is 11.8 Å². The molecule has 2 atom stereocenters. The Morgan fingerprint density at radius 2 is 1.31 bits per heavy atom. The molecular weight excluding hydrogens is 200 g/mol. The lowest BCUT2D eigenvalue weighted by molar-refractivity contribution is -0.145. The Bertz CT molecular complexity index is 174. The first-order valence-corrected chi connectivity index (χ1v) is 4.50. The number of carboxylic acid groups (broad SMARTS) is 2. The van der Waals surface area contributed by atoms with Crippen LogP contribution in [0.2, 0.25) is 0 Å². The van der Waals surface area contributed by atoms with Gasteiger partial charge in [-0.15, -0.1) is 0 Å². The molecule has 0 aliphatic rings. The van der Waals surface area contributed by atoms with Gasteiger partial charge in [0.05, 0.1) is 0 Å². The smallest absolute Gasteiger partial charge is 0.333 e. The number of aliphatic hydroxyl groups excluding tert-OH is 2. The maximum Gasteiger partial charge on any atom is 0.333 e. The largest absolute Gasteiger partial charge is 0.479 e. The highest BCUT2D eigenvalue weighted by atomic mass is 32.2. The second-order valence-electron chi connectivity index (χ2n) is 2.25. The molecule has 0 spiro atoms. The predicted octanol–water partition coefficient (Wildman–Crippen LogP) is -1.39. The van der Waals surface area contributed by atoms with Crippen LogP contribution in [0.3, 0.4) is 0 Å². The fourth-order valence-corrected chi connectivity index (χ4v) is 1.30. The van der Waals surface area contributed by atoms with E-state index < -0.39 is 24.1 Å². The molecule has 0 saturated carbocycles. The van der Waals surface area contributed by atoms with E-state index in [1.807, 2.05) is 0 Å². The van der Waals surface area contributed by atoms with Crippen LogP contribution in [-0.4, -0.2) is 56.1 Å². The van der Waals surface area contributed by atoms with Crippen molar-refractivity contribution in [3.63, 3.8) is 0 Å². The lowest BCUT2D eigenvalue weighted by Crippen LogP contribution is -2.26. The van der Waals surface area contributed by atoms with Crippen LogP contribution in [0, 0.1) is 0 Å². The summed E-state index contributed by atoms with van der Waals surface area (Å²) in [7, 11) is 0.